The topological polar surface area (TPSA) is 113 Å². The van der Waals surface area contributed by atoms with Crippen LogP contribution < -0.4 is 19.5 Å². The molecule has 1 aliphatic heterocycles. The SMILES string of the molecule is CCOc1cc([C@H]2C(C(=O)OCCOC(C)C)=C(C)NC3=C2C(=O)C[C@@H](c2ccc(OC)c(OC)c2)C3)ccc1O. The van der Waals surface area contributed by atoms with Crippen molar-refractivity contribution in [3.63, 3.8) is 0 Å². The van der Waals surface area contributed by atoms with Crippen molar-refractivity contribution in [2.75, 3.05) is 34.0 Å². The number of methoxy groups -OCH3 is 2. The van der Waals surface area contributed by atoms with Gasteiger partial charge in [-0.2, -0.15) is 0 Å². The van der Waals surface area contributed by atoms with Gasteiger partial charge in [-0.05, 0) is 75.4 Å². The third kappa shape index (κ3) is 6.51. The first-order chi connectivity index (χ1) is 19.7. The second kappa shape index (κ2) is 13.1. The van der Waals surface area contributed by atoms with Crippen LogP contribution in [0.4, 0.5) is 0 Å². The fraction of sp³-hybridized carbons (Fsp3) is 0.438. The van der Waals surface area contributed by atoms with Gasteiger partial charge in [0.1, 0.15) is 6.61 Å². The molecule has 41 heavy (non-hydrogen) atoms. The Kier molecular flexibility index (Phi) is 9.60. The van der Waals surface area contributed by atoms with Crippen molar-refractivity contribution in [3.8, 4) is 23.0 Å². The summed E-state index contributed by atoms with van der Waals surface area (Å²) in [4.78, 5) is 27.4. The summed E-state index contributed by atoms with van der Waals surface area (Å²) in [5, 5.41) is 13.7. The molecule has 0 amide bonds. The summed E-state index contributed by atoms with van der Waals surface area (Å²) in [5.41, 5.74) is 3.85. The van der Waals surface area contributed by atoms with Gasteiger partial charge in [0.2, 0.25) is 0 Å². The van der Waals surface area contributed by atoms with Crippen molar-refractivity contribution in [2.24, 2.45) is 0 Å². The van der Waals surface area contributed by atoms with E-state index in [2.05, 4.69) is 5.32 Å². The van der Waals surface area contributed by atoms with Crippen LogP contribution in [0.15, 0.2) is 58.9 Å². The summed E-state index contributed by atoms with van der Waals surface area (Å²) >= 11 is 0. The lowest BCUT2D eigenvalue weighted by Crippen LogP contribution is -2.36. The van der Waals surface area contributed by atoms with E-state index < -0.39 is 11.9 Å². The first-order valence-corrected chi connectivity index (χ1v) is 13.9. The van der Waals surface area contributed by atoms with Gasteiger partial charge in [-0.25, -0.2) is 4.79 Å². The Bertz CT molecular complexity index is 1360. The number of phenols is 1. The summed E-state index contributed by atoms with van der Waals surface area (Å²) in [7, 11) is 3.17. The van der Waals surface area contributed by atoms with Gasteiger partial charge < -0.3 is 34.1 Å². The van der Waals surface area contributed by atoms with Gasteiger partial charge in [-0.1, -0.05) is 12.1 Å². The Morgan fingerprint density at radius 3 is 2.39 bits per heavy atom. The highest BCUT2D eigenvalue weighted by Gasteiger charge is 2.41. The molecule has 0 radical (unpaired) electrons. The summed E-state index contributed by atoms with van der Waals surface area (Å²) in [6.07, 6.45) is 0.830. The number of nitrogens with one attached hydrogen (secondary N) is 1. The van der Waals surface area contributed by atoms with E-state index in [1.165, 1.54) is 6.07 Å². The fourth-order valence-corrected chi connectivity index (χ4v) is 5.46. The van der Waals surface area contributed by atoms with E-state index in [0.29, 0.717) is 46.9 Å². The van der Waals surface area contributed by atoms with Crippen molar-refractivity contribution in [2.45, 2.75) is 58.5 Å². The van der Waals surface area contributed by atoms with Crippen LogP contribution in [0.2, 0.25) is 0 Å². The molecule has 2 atom stereocenters. The van der Waals surface area contributed by atoms with E-state index >= 15 is 0 Å². The van der Waals surface area contributed by atoms with Crippen molar-refractivity contribution in [3.05, 3.63) is 70.1 Å². The molecule has 220 valence electrons. The highest BCUT2D eigenvalue weighted by atomic mass is 16.6. The zero-order valence-corrected chi connectivity index (χ0v) is 24.5. The summed E-state index contributed by atoms with van der Waals surface area (Å²) < 4.78 is 27.6. The number of ether oxygens (including phenoxy) is 5. The average molecular weight is 566 g/mol. The van der Waals surface area contributed by atoms with E-state index in [1.807, 2.05) is 45.9 Å². The second-order valence-electron chi connectivity index (χ2n) is 10.3. The normalized spacial score (nSPS) is 18.7. The van der Waals surface area contributed by atoms with Crippen molar-refractivity contribution in [1.82, 2.24) is 5.32 Å². The highest BCUT2D eigenvalue weighted by molar-refractivity contribution is 6.04. The number of Topliss-reactive ketones (excluding diaryl/α,β-unsaturated/α-hetero) is 1. The number of hydrogen-bond acceptors (Lipinski definition) is 9. The van der Waals surface area contributed by atoms with E-state index in [9.17, 15) is 14.7 Å². The van der Waals surface area contributed by atoms with Gasteiger partial charge in [0.15, 0.2) is 28.8 Å². The minimum atomic E-state index is -0.691. The lowest BCUT2D eigenvalue weighted by Gasteiger charge is -2.37. The molecule has 0 unspecified atom stereocenters. The van der Waals surface area contributed by atoms with Crippen LogP contribution in [0.25, 0.3) is 0 Å². The van der Waals surface area contributed by atoms with Crippen LogP contribution in [0, 0.1) is 0 Å². The number of ketones is 1. The molecule has 2 aliphatic rings. The van der Waals surface area contributed by atoms with Crippen LogP contribution in [0.5, 0.6) is 23.0 Å². The van der Waals surface area contributed by atoms with Crippen LogP contribution in [-0.2, 0) is 19.1 Å². The first kappa shape index (κ1) is 30.0. The summed E-state index contributed by atoms with van der Waals surface area (Å²) in [6, 6.07) is 10.6. The predicted molar refractivity (Wildman–Crippen MR) is 153 cm³/mol. The molecular weight excluding hydrogens is 526 g/mol. The maximum Gasteiger partial charge on any atom is 0.336 e. The minimum absolute atomic E-state index is 0.0129. The molecule has 4 rings (SSSR count). The Morgan fingerprint density at radius 2 is 1.71 bits per heavy atom. The Balaban J connectivity index is 1.73. The number of allylic oxidation sites excluding steroid dienone is 3. The molecule has 2 aromatic rings. The number of carbonyl (C=O) groups excluding carboxylic acids is 2. The van der Waals surface area contributed by atoms with Gasteiger partial charge in [-0.15, -0.1) is 0 Å². The lowest BCUT2D eigenvalue weighted by atomic mass is 9.71. The number of hydrogen-bond donors (Lipinski definition) is 2. The Hall–Kier alpha value is -3.98. The van der Waals surface area contributed by atoms with Crippen LogP contribution in [-0.4, -0.2) is 57.0 Å². The molecule has 0 saturated carbocycles. The molecule has 9 nitrogen and oxygen atoms in total. The molecule has 0 bridgehead atoms. The lowest BCUT2D eigenvalue weighted by molar-refractivity contribution is -0.141. The number of esters is 1. The van der Waals surface area contributed by atoms with E-state index in [0.717, 1.165) is 11.3 Å². The first-order valence-electron chi connectivity index (χ1n) is 13.9. The molecule has 2 N–H and O–H groups in total. The van der Waals surface area contributed by atoms with Crippen LogP contribution in [0.1, 0.15) is 63.5 Å². The number of phenolic OH excluding ortho intramolecular Hbond substituents is 1. The Labute approximate surface area is 241 Å². The molecule has 0 saturated heterocycles. The molecular formula is C32H39NO8. The van der Waals surface area contributed by atoms with Gasteiger partial charge in [0, 0.05) is 29.3 Å². The molecule has 0 aromatic heterocycles. The fourth-order valence-electron chi connectivity index (χ4n) is 5.46. The zero-order valence-electron chi connectivity index (χ0n) is 24.5. The van der Waals surface area contributed by atoms with Gasteiger partial charge in [0.25, 0.3) is 0 Å². The maximum absolute atomic E-state index is 13.9. The molecule has 2 aromatic carbocycles. The molecule has 1 aliphatic carbocycles. The van der Waals surface area contributed by atoms with Crippen molar-refractivity contribution >= 4 is 11.8 Å². The quantitative estimate of drug-likeness (QED) is 0.283. The maximum atomic E-state index is 13.9. The molecule has 0 spiro atoms. The zero-order chi connectivity index (χ0) is 29.7. The van der Waals surface area contributed by atoms with Gasteiger partial charge in [0.05, 0.1) is 39.1 Å². The van der Waals surface area contributed by atoms with Gasteiger partial charge in [-0.3, -0.25) is 4.79 Å². The summed E-state index contributed by atoms with van der Waals surface area (Å²) in [5.74, 6) is 0.0982. The highest BCUT2D eigenvalue weighted by Crippen LogP contribution is 2.47. The van der Waals surface area contributed by atoms with Crippen molar-refractivity contribution in [1.29, 1.82) is 0 Å². The number of dihydropyridines is 1. The molecule has 1 heterocycles. The minimum Gasteiger partial charge on any atom is -0.504 e. The van der Waals surface area contributed by atoms with E-state index in [1.54, 1.807) is 26.4 Å². The number of aromatic hydroxyl groups is 1. The standard InChI is InChI=1S/C32H39NO8/c1-7-39-27-17-21(8-10-24(27)34)30-29(32(36)41-13-12-40-18(2)3)19(4)33-23-14-22(15-25(35)31(23)30)20-9-11-26(37-5)28(16-20)38-6/h8-11,16-18,22,30,33-34H,7,12-15H2,1-6H3/t22-,30-/m0/s1. The molecule has 9 heteroatoms. The third-order valence-corrected chi connectivity index (χ3v) is 7.31. The number of carbonyl (C=O) groups is 2. The third-order valence-electron chi connectivity index (χ3n) is 7.31. The van der Waals surface area contributed by atoms with E-state index in [-0.39, 0.29) is 48.9 Å². The number of rotatable bonds is 11. The largest absolute Gasteiger partial charge is 0.504 e. The summed E-state index contributed by atoms with van der Waals surface area (Å²) in [6.45, 7) is 8.16. The predicted octanol–water partition coefficient (Wildman–Crippen LogP) is 5.14. The average Bonchev–Trinajstić information content (AvgIpc) is 2.95. The Morgan fingerprint density at radius 1 is 1.00 bits per heavy atom. The second-order valence-corrected chi connectivity index (χ2v) is 10.3. The van der Waals surface area contributed by atoms with Gasteiger partial charge >= 0.3 is 5.97 Å². The monoisotopic (exact) mass is 565 g/mol. The molecule has 0 fully saturated rings. The van der Waals surface area contributed by atoms with E-state index in [4.69, 9.17) is 23.7 Å². The van der Waals surface area contributed by atoms with Crippen LogP contribution >= 0.6 is 0 Å². The smallest absolute Gasteiger partial charge is 0.336 e. The number of benzene rings is 2. The van der Waals surface area contributed by atoms with Crippen LogP contribution in [0.3, 0.4) is 0 Å². The van der Waals surface area contributed by atoms with Crippen molar-refractivity contribution < 1.29 is 38.4 Å².